The molecule has 3 N–H and O–H groups in total. The van der Waals surface area contributed by atoms with Crippen molar-refractivity contribution >= 4 is 22.0 Å². The van der Waals surface area contributed by atoms with Crippen LogP contribution in [-0.4, -0.2) is 59.2 Å². The zero-order valence-electron chi connectivity index (χ0n) is 21.1. The molecule has 10 nitrogen and oxygen atoms in total. The van der Waals surface area contributed by atoms with Crippen LogP contribution in [0.2, 0.25) is 0 Å². The normalized spacial score (nSPS) is 15.6. The summed E-state index contributed by atoms with van der Waals surface area (Å²) in [6.45, 7) is 6.00. The van der Waals surface area contributed by atoms with Gasteiger partial charge in [0.2, 0.25) is 0 Å². The monoisotopic (exact) mass is 518 g/mol. The maximum absolute atomic E-state index is 12.6. The van der Waals surface area contributed by atoms with Crippen LogP contribution in [-0.2, 0) is 16.4 Å². The summed E-state index contributed by atoms with van der Waals surface area (Å²) in [5, 5.41) is 4.56. The van der Waals surface area contributed by atoms with Crippen LogP contribution < -0.4 is 24.9 Å². The Morgan fingerprint density at radius 3 is 2.28 bits per heavy atom. The second-order valence-electron chi connectivity index (χ2n) is 9.41. The Kier molecular flexibility index (Phi) is 8.80. The minimum atomic E-state index is -4.02. The van der Waals surface area contributed by atoms with E-state index < -0.39 is 16.1 Å². The van der Waals surface area contributed by atoms with Crippen molar-refractivity contribution in [1.82, 2.24) is 20.5 Å². The summed E-state index contributed by atoms with van der Waals surface area (Å²) in [4.78, 5) is 24.8. The van der Waals surface area contributed by atoms with Crippen LogP contribution in [0, 0.1) is 5.41 Å². The lowest BCUT2D eigenvalue weighted by atomic mass is 9.83. The molecule has 1 aliphatic rings. The maximum Gasteiger partial charge on any atom is 0.343 e. The number of ether oxygens (including phenoxy) is 2. The van der Waals surface area contributed by atoms with E-state index in [0.717, 1.165) is 18.4 Å². The van der Waals surface area contributed by atoms with Crippen LogP contribution in [0.3, 0.4) is 0 Å². The van der Waals surface area contributed by atoms with Gasteiger partial charge >= 0.3 is 6.03 Å². The summed E-state index contributed by atoms with van der Waals surface area (Å²) in [5.41, 5.74) is 4.01. The number of methoxy groups -OCH3 is 2. The van der Waals surface area contributed by atoms with Gasteiger partial charge < -0.3 is 14.8 Å². The van der Waals surface area contributed by atoms with E-state index in [0.29, 0.717) is 43.1 Å². The molecule has 196 valence electrons. The molecule has 2 aromatic carbocycles. The van der Waals surface area contributed by atoms with Crippen LogP contribution in [0.15, 0.2) is 47.4 Å². The van der Waals surface area contributed by atoms with Gasteiger partial charge in [0, 0.05) is 19.6 Å². The Bertz CT molecular complexity index is 1170. The molecule has 1 heterocycles. The predicted octanol–water partition coefficient (Wildman–Crippen LogP) is 2.70. The lowest BCUT2D eigenvalue weighted by Crippen LogP contribution is -2.52. The summed E-state index contributed by atoms with van der Waals surface area (Å²) in [5.74, 6) is 0.667. The van der Waals surface area contributed by atoms with Crippen LogP contribution in [0.4, 0.5) is 4.79 Å². The average molecular weight is 519 g/mol. The first kappa shape index (κ1) is 27.3. The Hall–Kier alpha value is -3.31. The molecule has 0 radical (unpaired) electrons. The second-order valence-corrected chi connectivity index (χ2v) is 11.1. The SMILES string of the molecule is COc1ccc(OC)c(C(=O)NCCc2ccc(S(=O)(=O)NC(=O)NN3CCC(C)(C)CC3)cc2)c1. The molecular weight excluding hydrogens is 484 g/mol. The molecule has 3 amide bonds. The number of carbonyl (C=O) groups is 2. The standard InChI is InChI=1S/C25H34N4O6S/c1-25(2)12-15-29(16-13-25)27-24(31)28-36(32,33)20-8-5-18(6-9-20)11-14-26-23(30)21-17-19(34-3)7-10-22(21)35-4/h5-10,17H,11-16H2,1-4H3,(H,26,30)(H2,27,28,31). The third kappa shape index (κ3) is 7.34. The van der Waals surface area contributed by atoms with Crippen molar-refractivity contribution in [2.75, 3.05) is 33.9 Å². The minimum Gasteiger partial charge on any atom is -0.497 e. The molecule has 0 spiro atoms. The predicted molar refractivity (Wildman–Crippen MR) is 135 cm³/mol. The fourth-order valence-corrected chi connectivity index (χ4v) is 4.72. The first-order valence-corrected chi connectivity index (χ1v) is 13.2. The zero-order chi connectivity index (χ0) is 26.3. The van der Waals surface area contributed by atoms with Crippen molar-refractivity contribution in [1.29, 1.82) is 0 Å². The molecule has 0 unspecified atom stereocenters. The van der Waals surface area contributed by atoms with E-state index >= 15 is 0 Å². The Balaban J connectivity index is 1.51. The minimum absolute atomic E-state index is 0.0219. The lowest BCUT2D eigenvalue weighted by molar-refractivity contribution is 0.0950. The van der Waals surface area contributed by atoms with Crippen molar-refractivity contribution in [2.45, 2.75) is 38.0 Å². The summed E-state index contributed by atoms with van der Waals surface area (Å²) < 4.78 is 37.7. The smallest absolute Gasteiger partial charge is 0.343 e. The van der Waals surface area contributed by atoms with Gasteiger partial charge in [-0.05, 0) is 60.6 Å². The number of hydrazine groups is 1. The molecule has 36 heavy (non-hydrogen) atoms. The molecule has 0 atom stereocenters. The number of hydrogen-bond donors (Lipinski definition) is 3. The van der Waals surface area contributed by atoms with Crippen molar-refractivity contribution in [2.24, 2.45) is 5.41 Å². The Morgan fingerprint density at radius 2 is 1.67 bits per heavy atom. The van der Waals surface area contributed by atoms with E-state index in [4.69, 9.17) is 9.47 Å². The molecule has 0 bridgehead atoms. The van der Waals surface area contributed by atoms with Gasteiger partial charge in [-0.15, -0.1) is 0 Å². The fourth-order valence-electron chi connectivity index (χ4n) is 3.81. The van der Waals surface area contributed by atoms with Crippen LogP contribution in [0.1, 0.15) is 42.6 Å². The van der Waals surface area contributed by atoms with Crippen molar-refractivity contribution in [3.05, 3.63) is 53.6 Å². The van der Waals surface area contributed by atoms with Gasteiger partial charge in [0.25, 0.3) is 15.9 Å². The third-order valence-corrected chi connectivity index (χ3v) is 7.53. The molecule has 0 aromatic heterocycles. The van der Waals surface area contributed by atoms with Gasteiger partial charge in [0.15, 0.2) is 0 Å². The van der Waals surface area contributed by atoms with Gasteiger partial charge in [-0.2, -0.15) is 0 Å². The first-order chi connectivity index (χ1) is 17.0. The molecule has 11 heteroatoms. The molecule has 3 rings (SSSR count). The number of nitrogens with zero attached hydrogens (tertiary/aromatic N) is 1. The summed E-state index contributed by atoms with van der Waals surface area (Å²) in [7, 11) is -1.01. The number of amides is 3. The van der Waals surface area contributed by atoms with Crippen LogP contribution >= 0.6 is 0 Å². The van der Waals surface area contributed by atoms with E-state index in [9.17, 15) is 18.0 Å². The number of sulfonamides is 1. The summed E-state index contributed by atoms with van der Waals surface area (Å²) in [6, 6.07) is 10.3. The van der Waals surface area contributed by atoms with Gasteiger partial charge in [0.1, 0.15) is 11.5 Å². The van der Waals surface area contributed by atoms with Crippen LogP contribution in [0.25, 0.3) is 0 Å². The number of hydrogen-bond acceptors (Lipinski definition) is 7. The summed E-state index contributed by atoms with van der Waals surface area (Å²) >= 11 is 0. The molecule has 1 aliphatic heterocycles. The fraction of sp³-hybridized carbons (Fsp3) is 0.440. The van der Waals surface area contributed by atoms with Gasteiger partial charge in [-0.1, -0.05) is 26.0 Å². The topological polar surface area (TPSA) is 126 Å². The van der Waals surface area contributed by atoms with Gasteiger partial charge in [0.05, 0.1) is 24.7 Å². The molecule has 0 aliphatic carbocycles. The number of benzene rings is 2. The average Bonchev–Trinajstić information content (AvgIpc) is 2.84. The van der Waals surface area contributed by atoms with E-state index in [2.05, 4.69) is 29.3 Å². The van der Waals surface area contributed by atoms with E-state index in [1.165, 1.54) is 26.4 Å². The largest absolute Gasteiger partial charge is 0.497 e. The highest BCUT2D eigenvalue weighted by Gasteiger charge is 2.27. The molecule has 1 saturated heterocycles. The van der Waals surface area contributed by atoms with Crippen molar-refractivity contribution in [3.63, 3.8) is 0 Å². The quantitative estimate of drug-likeness (QED) is 0.466. The lowest BCUT2D eigenvalue weighted by Gasteiger charge is -2.36. The number of piperidine rings is 1. The molecular formula is C25H34N4O6S. The highest BCUT2D eigenvalue weighted by Crippen LogP contribution is 2.28. The molecule has 1 fully saturated rings. The highest BCUT2D eigenvalue weighted by atomic mass is 32.2. The molecule has 2 aromatic rings. The number of rotatable bonds is 9. The maximum atomic E-state index is 12.6. The Morgan fingerprint density at radius 1 is 1.00 bits per heavy atom. The zero-order valence-corrected chi connectivity index (χ0v) is 21.9. The van der Waals surface area contributed by atoms with E-state index in [1.54, 1.807) is 35.3 Å². The van der Waals surface area contributed by atoms with Crippen molar-refractivity contribution < 1.29 is 27.5 Å². The van der Waals surface area contributed by atoms with E-state index in [1.807, 2.05) is 0 Å². The number of nitrogens with one attached hydrogen (secondary N) is 3. The van der Waals surface area contributed by atoms with E-state index in [-0.39, 0.29) is 16.2 Å². The second kappa shape index (κ2) is 11.6. The highest BCUT2D eigenvalue weighted by molar-refractivity contribution is 7.90. The summed E-state index contributed by atoms with van der Waals surface area (Å²) in [6.07, 6.45) is 2.31. The number of urea groups is 1. The molecule has 0 saturated carbocycles. The first-order valence-electron chi connectivity index (χ1n) is 11.7. The van der Waals surface area contributed by atoms with Crippen LogP contribution in [0.5, 0.6) is 11.5 Å². The van der Waals surface area contributed by atoms with Gasteiger partial charge in [-0.25, -0.2) is 22.9 Å². The third-order valence-electron chi connectivity index (χ3n) is 6.19. The van der Waals surface area contributed by atoms with Gasteiger partial charge in [-0.3, -0.25) is 10.2 Å². The van der Waals surface area contributed by atoms with Crippen molar-refractivity contribution in [3.8, 4) is 11.5 Å². The number of carbonyl (C=O) groups excluding carboxylic acids is 2. The Labute approximate surface area is 212 Å².